The van der Waals surface area contributed by atoms with Crippen LogP contribution >= 0.6 is 11.8 Å². The fraction of sp³-hybridized carbons (Fsp3) is 0.562. The van der Waals surface area contributed by atoms with E-state index >= 15 is 0 Å². The van der Waals surface area contributed by atoms with Crippen molar-refractivity contribution in [3.63, 3.8) is 0 Å². The zero-order valence-electron chi connectivity index (χ0n) is 12.7. The SMILES string of the molecule is CCN(CC)C(=O)CSc1nc2c(cc1C#N)CCCC2. The van der Waals surface area contributed by atoms with Crippen molar-refractivity contribution in [3.05, 3.63) is 22.9 Å². The summed E-state index contributed by atoms with van der Waals surface area (Å²) in [6.07, 6.45) is 4.33. The molecule has 1 aromatic heterocycles. The minimum atomic E-state index is 0.105. The number of carbonyl (C=O) groups excluding carboxylic acids is 1. The maximum Gasteiger partial charge on any atom is 0.232 e. The highest BCUT2D eigenvalue weighted by Gasteiger charge is 2.17. The Morgan fingerprint density at radius 3 is 2.76 bits per heavy atom. The number of hydrogen-bond donors (Lipinski definition) is 0. The normalized spacial score (nSPS) is 13.4. The lowest BCUT2D eigenvalue weighted by Gasteiger charge is -2.19. The second-order valence-corrected chi connectivity index (χ2v) is 6.08. The Hall–Kier alpha value is -1.54. The maximum absolute atomic E-state index is 12.1. The predicted octanol–water partition coefficient (Wildman–Crippen LogP) is 2.79. The Morgan fingerprint density at radius 2 is 2.10 bits per heavy atom. The van der Waals surface area contributed by atoms with Crippen LogP contribution < -0.4 is 0 Å². The number of aromatic nitrogens is 1. The smallest absolute Gasteiger partial charge is 0.232 e. The van der Waals surface area contributed by atoms with Crippen LogP contribution in [0.4, 0.5) is 0 Å². The Morgan fingerprint density at radius 1 is 1.38 bits per heavy atom. The van der Waals surface area contributed by atoms with Crippen molar-refractivity contribution in [3.8, 4) is 6.07 Å². The number of fused-ring (bicyclic) bond motifs is 1. The third kappa shape index (κ3) is 3.76. The van der Waals surface area contributed by atoms with E-state index in [4.69, 9.17) is 0 Å². The fourth-order valence-corrected chi connectivity index (χ4v) is 3.48. The summed E-state index contributed by atoms with van der Waals surface area (Å²) < 4.78 is 0. The van der Waals surface area contributed by atoms with Gasteiger partial charge in [-0.3, -0.25) is 4.79 Å². The minimum absolute atomic E-state index is 0.105. The first kappa shape index (κ1) is 15.8. The van der Waals surface area contributed by atoms with E-state index in [0.717, 1.165) is 38.0 Å². The number of rotatable bonds is 5. The molecule has 0 aromatic carbocycles. The summed E-state index contributed by atoms with van der Waals surface area (Å²) in [5.41, 5.74) is 2.92. The molecule has 0 bridgehead atoms. The molecule has 4 nitrogen and oxygen atoms in total. The number of pyridine rings is 1. The van der Waals surface area contributed by atoms with E-state index < -0.39 is 0 Å². The van der Waals surface area contributed by atoms with Crippen molar-refractivity contribution >= 4 is 17.7 Å². The topological polar surface area (TPSA) is 57.0 Å². The first-order chi connectivity index (χ1) is 10.2. The van der Waals surface area contributed by atoms with E-state index in [1.54, 1.807) is 4.90 Å². The van der Waals surface area contributed by atoms with E-state index in [9.17, 15) is 10.1 Å². The van der Waals surface area contributed by atoms with Crippen molar-refractivity contribution < 1.29 is 4.79 Å². The molecule has 0 saturated heterocycles. The number of aryl methyl sites for hydroxylation is 2. The van der Waals surface area contributed by atoms with Gasteiger partial charge >= 0.3 is 0 Å². The summed E-state index contributed by atoms with van der Waals surface area (Å²) in [7, 11) is 0. The van der Waals surface area contributed by atoms with Crippen LogP contribution in [-0.4, -0.2) is 34.6 Å². The summed E-state index contributed by atoms with van der Waals surface area (Å²) in [5.74, 6) is 0.454. The van der Waals surface area contributed by atoms with Crippen LogP contribution in [0.2, 0.25) is 0 Å². The Balaban J connectivity index is 2.12. The van der Waals surface area contributed by atoms with Crippen LogP contribution in [0.15, 0.2) is 11.1 Å². The molecule has 0 aliphatic heterocycles. The van der Waals surface area contributed by atoms with Gasteiger partial charge in [-0.2, -0.15) is 5.26 Å². The molecule has 1 amide bonds. The summed E-state index contributed by atoms with van der Waals surface area (Å²) >= 11 is 1.39. The molecule has 2 rings (SSSR count). The molecule has 1 heterocycles. The summed E-state index contributed by atoms with van der Waals surface area (Å²) in [4.78, 5) is 18.5. The van der Waals surface area contributed by atoms with Gasteiger partial charge < -0.3 is 4.90 Å². The van der Waals surface area contributed by atoms with Gasteiger partial charge in [-0.25, -0.2) is 4.98 Å². The number of nitriles is 1. The van der Waals surface area contributed by atoms with Crippen molar-refractivity contribution in [2.24, 2.45) is 0 Å². The third-order valence-corrected chi connectivity index (χ3v) is 4.81. The largest absolute Gasteiger partial charge is 0.343 e. The second kappa shape index (κ2) is 7.46. The number of thioether (sulfide) groups is 1. The molecule has 21 heavy (non-hydrogen) atoms. The number of nitrogens with zero attached hydrogens (tertiary/aromatic N) is 3. The quantitative estimate of drug-likeness (QED) is 0.785. The molecule has 0 radical (unpaired) electrons. The van der Waals surface area contributed by atoms with Gasteiger partial charge in [0.05, 0.1) is 11.3 Å². The molecule has 1 aliphatic rings. The van der Waals surface area contributed by atoms with Crippen LogP contribution in [0.3, 0.4) is 0 Å². The van der Waals surface area contributed by atoms with Gasteiger partial charge in [-0.15, -0.1) is 0 Å². The summed E-state index contributed by atoms with van der Waals surface area (Å²) in [5, 5.41) is 10.00. The molecule has 0 spiro atoms. The molecule has 0 N–H and O–H groups in total. The van der Waals surface area contributed by atoms with Crippen LogP contribution in [0.1, 0.15) is 43.5 Å². The highest BCUT2D eigenvalue weighted by molar-refractivity contribution is 7.99. The molecule has 0 unspecified atom stereocenters. The molecule has 0 fully saturated rings. The standard InChI is InChI=1S/C16H21N3OS/c1-3-19(4-2)15(20)11-21-16-13(10-17)9-12-7-5-6-8-14(12)18-16/h9H,3-8,11H2,1-2H3. The van der Waals surface area contributed by atoms with Gasteiger partial charge in [0.1, 0.15) is 11.1 Å². The lowest BCUT2D eigenvalue weighted by Crippen LogP contribution is -2.31. The molecule has 0 saturated carbocycles. The van der Waals surface area contributed by atoms with Crippen molar-refractivity contribution in [1.29, 1.82) is 5.26 Å². The molecule has 5 heteroatoms. The summed E-state index contributed by atoms with van der Waals surface area (Å²) in [6.45, 7) is 5.39. The number of amides is 1. The van der Waals surface area contributed by atoms with E-state index in [-0.39, 0.29) is 5.91 Å². The first-order valence-electron chi connectivity index (χ1n) is 7.53. The third-order valence-electron chi connectivity index (χ3n) is 3.83. The van der Waals surface area contributed by atoms with Gasteiger partial charge in [-0.1, -0.05) is 11.8 Å². The van der Waals surface area contributed by atoms with E-state index in [1.165, 1.54) is 23.7 Å². The molecule has 1 aromatic rings. The van der Waals surface area contributed by atoms with Crippen molar-refractivity contribution in [1.82, 2.24) is 9.88 Å². The van der Waals surface area contributed by atoms with E-state index in [2.05, 4.69) is 11.1 Å². The number of carbonyl (C=O) groups is 1. The lowest BCUT2D eigenvalue weighted by atomic mass is 9.95. The lowest BCUT2D eigenvalue weighted by molar-refractivity contribution is -0.127. The van der Waals surface area contributed by atoms with E-state index in [0.29, 0.717) is 16.3 Å². The fourth-order valence-electron chi connectivity index (χ4n) is 2.60. The minimum Gasteiger partial charge on any atom is -0.343 e. The van der Waals surface area contributed by atoms with Crippen molar-refractivity contribution in [2.75, 3.05) is 18.8 Å². The van der Waals surface area contributed by atoms with Crippen molar-refractivity contribution in [2.45, 2.75) is 44.6 Å². The Bertz CT molecular complexity index is 561. The van der Waals surface area contributed by atoms with Crippen LogP contribution in [0.5, 0.6) is 0 Å². The average molecular weight is 303 g/mol. The summed E-state index contributed by atoms with van der Waals surface area (Å²) in [6, 6.07) is 4.18. The highest BCUT2D eigenvalue weighted by atomic mass is 32.2. The second-order valence-electron chi connectivity index (χ2n) is 5.12. The Labute approximate surface area is 130 Å². The first-order valence-corrected chi connectivity index (χ1v) is 8.51. The zero-order valence-corrected chi connectivity index (χ0v) is 13.5. The van der Waals surface area contributed by atoms with Gasteiger partial charge in [-0.05, 0) is 51.2 Å². The maximum atomic E-state index is 12.1. The van der Waals surface area contributed by atoms with Gasteiger partial charge in [0.2, 0.25) is 5.91 Å². The molecule has 1 aliphatic carbocycles. The monoisotopic (exact) mass is 303 g/mol. The Kier molecular flexibility index (Phi) is 5.63. The zero-order chi connectivity index (χ0) is 15.2. The van der Waals surface area contributed by atoms with Crippen LogP contribution in [0.25, 0.3) is 0 Å². The number of hydrogen-bond acceptors (Lipinski definition) is 4. The molecule has 112 valence electrons. The van der Waals surface area contributed by atoms with Crippen LogP contribution in [0, 0.1) is 11.3 Å². The highest BCUT2D eigenvalue weighted by Crippen LogP contribution is 2.27. The van der Waals surface area contributed by atoms with Gasteiger partial charge in [0.15, 0.2) is 0 Å². The molecular formula is C16H21N3OS. The predicted molar refractivity (Wildman–Crippen MR) is 84.2 cm³/mol. The van der Waals surface area contributed by atoms with Gasteiger partial charge in [0.25, 0.3) is 0 Å². The molecular weight excluding hydrogens is 282 g/mol. The van der Waals surface area contributed by atoms with Crippen LogP contribution in [-0.2, 0) is 17.6 Å². The molecule has 0 atom stereocenters. The average Bonchev–Trinajstić information content (AvgIpc) is 2.53. The van der Waals surface area contributed by atoms with Gasteiger partial charge in [0, 0.05) is 18.8 Å². The van der Waals surface area contributed by atoms with E-state index in [1.807, 2.05) is 19.9 Å².